The van der Waals surface area contributed by atoms with Crippen LogP contribution in [-0.2, 0) is 43.6 Å². The molecule has 74 heavy (non-hydrogen) atoms. The average molecular weight is 1020 g/mol. The SMILES string of the molecule is C=CCC(O)(COCc1ccccc1)COc1ccc(OC)cc1.COc1ccc(OCC(O)(CCCO)COCc2ccccc2)cc1.COc1ccc(OCC2(COCc3ccccc3)CCC(=O)O2)cc1. The van der Waals surface area contributed by atoms with Crippen molar-refractivity contribution in [3.05, 3.63) is 193 Å². The number of benzene rings is 6. The van der Waals surface area contributed by atoms with Gasteiger partial charge in [-0.3, -0.25) is 4.79 Å². The topological polar surface area (TPSA) is 170 Å². The number of aliphatic hydroxyl groups is 3. The lowest BCUT2D eigenvalue weighted by molar-refractivity contribution is -0.157. The lowest BCUT2D eigenvalue weighted by atomic mass is 10.00. The number of esters is 1. The zero-order chi connectivity index (χ0) is 52.8. The Hall–Kier alpha value is -6.91. The molecular weight excluding hydrogens is 945 g/mol. The molecule has 396 valence electrons. The first-order chi connectivity index (χ1) is 36.0. The number of methoxy groups -OCH3 is 3. The van der Waals surface area contributed by atoms with Gasteiger partial charge in [-0.1, -0.05) is 97.1 Å². The highest BCUT2D eigenvalue weighted by atomic mass is 16.6. The molecule has 14 nitrogen and oxygen atoms in total. The molecule has 1 heterocycles. The summed E-state index contributed by atoms with van der Waals surface area (Å²) in [6.07, 6.45) is 3.92. The lowest BCUT2D eigenvalue weighted by Crippen LogP contribution is -2.41. The summed E-state index contributed by atoms with van der Waals surface area (Å²) >= 11 is 0. The summed E-state index contributed by atoms with van der Waals surface area (Å²) in [5, 5.41) is 30.6. The van der Waals surface area contributed by atoms with E-state index >= 15 is 0 Å². The van der Waals surface area contributed by atoms with Crippen molar-refractivity contribution >= 4 is 5.97 Å². The van der Waals surface area contributed by atoms with Gasteiger partial charge in [0.05, 0.1) is 61.0 Å². The van der Waals surface area contributed by atoms with Gasteiger partial charge in [0.15, 0.2) is 5.60 Å². The van der Waals surface area contributed by atoms with Crippen molar-refractivity contribution in [2.45, 2.75) is 68.7 Å². The van der Waals surface area contributed by atoms with Gasteiger partial charge in [-0.25, -0.2) is 0 Å². The summed E-state index contributed by atoms with van der Waals surface area (Å²) in [6.45, 7) is 6.16. The maximum atomic E-state index is 11.6. The van der Waals surface area contributed by atoms with Gasteiger partial charge >= 0.3 is 5.97 Å². The first-order valence-corrected chi connectivity index (χ1v) is 24.5. The molecule has 0 bridgehead atoms. The van der Waals surface area contributed by atoms with E-state index in [0.29, 0.717) is 75.8 Å². The maximum Gasteiger partial charge on any atom is 0.306 e. The van der Waals surface area contributed by atoms with Crippen LogP contribution >= 0.6 is 0 Å². The Labute approximate surface area is 435 Å². The number of cyclic esters (lactones) is 1. The molecule has 14 heteroatoms. The monoisotopic (exact) mass is 1020 g/mol. The highest BCUT2D eigenvalue weighted by Crippen LogP contribution is 2.30. The van der Waals surface area contributed by atoms with E-state index in [4.69, 9.17) is 52.5 Å². The van der Waals surface area contributed by atoms with Crippen molar-refractivity contribution < 1.29 is 67.5 Å². The minimum Gasteiger partial charge on any atom is -0.497 e. The zero-order valence-corrected chi connectivity index (χ0v) is 42.8. The molecule has 3 N–H and O–H groups in total. The van der Waals surface area contributed by atoms with Gasteiger partial charge in [-0.2, -0.15) is 0 Å². The van der Waals surface area contributed by atoms with Crippen LogP contribution in [0.2, 0.25) is 0 Å². The Morgan fingerprint density at radius 1 is 0.527 bits per heavy atom. The quantitative estimate of drug-likeness (QED) is 0.0300. The third-order valence-corrected chi connectivity index (χ3v) is 11.6. The van der Waals surface area contributed by atoms with Crippen molar-refractivity contribution in [2.24, 2.45) is 0 Å². The van der Waals surface area contributed by atoms with Crippen LogP contribution in [0.5, 0.6) is 34.5 Å². The highest BCUT2D eigenvalue weighted by molar-refractivity contribution is 5.72. The predicted octanol–water partition coefficient (Wildman–Crippen LogP) is 9.76. The molecule has 0 aromatic heterocycles. The molecule has 0 radical (unpaired) electrons. The van der Waals surface area contributed by atoms with Gasteiger partial charge < -0.3 is 62.7 Å². The molecular formula is C60H72O14. The van der Waals surface area contributed by atoms with Crippen LogP contribution in [0, 0.1) is 0 Å². The summed E-state index contributed by atoms with van der Waals surface area (Å²) in [6, 6.07) is 51.3. The summed E-state index contributed by atoms with van der Waals surface area (Å²) in [5.41, 5.74) is 0.190. The van der Waals surface area contributed by atoms with E-state index in [-0.39, 0.29) is 45.6 Å². The molecule has 0 aliphatic carbocycles. The largest absolute Gasteiger partial charge is 0.497 e. The van der Waals surface area contributed by atoms with Gasteiger partial charge in [0, 0.05) is 19.4 Å². The Bertz CT molecular complexity index is 2440. The molecule has 1 fully saturated rings. The van der Waals surface area contributed by atoms with Gasteiger partial charge in [0.25, 0.3) is 0 Å². The standard InChI is InChI=1S/C20H22O5.C20H26O5.C20H24O4/c1-22-17-7-9-18(10-8-17)24-15-20(12-11-19(21)25-20)14-23-13-16-5-3-2-4-6-16;1-23-18-8-10-19(11-9-18)25-16-20(22,12-5-13-21)15-24-14-17-6-3-2-4-7-17;1-3-13-20(21,15-23-14-17-7-5-4-6-8-17)16-24-19-11-9-18(22-2)10-12-19/h2-10H,11-15H2,1H3;2-4,6-11,21-22H,5,12-16H2,1H3;3-12,21H,1,13-16H2,2H3. The van der Waals surface area contributed by atoms with Crippen molar-refractivity contribution in [3.8, 4) is 34.5 Å². The van der Waals surface area contributed by atoms with Crippen LogP contribution in [0.25, 0.3) is 0 Å². The Kier molecular flexibility index (Phi) is 24.8. The predicted molar refractivity (Wildman–Crippen MR) is 283 cm³/mol. The molecule has 6 aromatic rings. The summed E-state index contributed by atoms with van der Waals surface area (Å²) in [4.78, 5) is 11.6. The molecule has 3 unspecified atom stereocenters. The first-order valence-electron chi connectivity index (χ1n) is 24.5. The second kappa shape index (κ2) is 31.6. The number of aliphatic hydroxyl groups excluding tert-OH is 1. The normalized spacial score (nSPS) is 15.3. The van der Waals surface area contributed by atoms with Crippen LogP contribution in [0.3, 0.4) is 0 Å². The Balaban J connectivity index is 0.000000206. The molecule has 0 spiro atoms. The molecule has 3 atom stereocenters. The zero-order valence-electron chi connectivity index (χ0n) is 42.8. The van der Waals surface area contributed by atoms with E-state index < -0.39 is 16.8 Å². The van der Waals surface area contributed by atoms with E-state index in [9.17, 15) is 15.0 Å². The van der Waals surface area contributed by atoms with Gasteiger partial charge in [0.1, 0.15) is 65.5 Å². The van der Waals surface area contributed by atoms with Crippen LogP contribution in [0.15, 0.2) is 176 Å². The molecule has 0 amide bonds. The molecule has 0 saturated carbocycles. The molecule has 1 aliphatic rings. The van der Waals surface area contributed by atoms with E-state index in [1.807, 2.05) is 127 Å². The van der Waals surface area contributed by atoms with Crippen LogP contribution in [0.4, 0.5) is 0 Å². The number of rotatable bonds is 29. The lowest BCUT2D eigenvalue weighted by Gasteiger charge is -2.28. The fourth-order valence-corrected chi connectivity index (χ4v) is 7.40. The second-order valence-corrected chi connectivity index (χ2v) is 17.8. The molecule has 6 aromatic carbocycles. The van der Waals surface area contributed by atoms with Crippen LogP contribution < -0.4 is 28.4 Å². The fraction of sp³-hybridized carbons (Fsp3) is 0.350. The fourth-order valence-electron chi connectivity index (χ4n) is 7.40. The van der Waals surface area contributed by atoms with E-state index in [1.54, 1.807) is 63.8 Å². The second-order valence-electron chi connectivity index (χ2n) is 17.8. The molecule has 1 saturated heterocycles. The number of hydrogen-bond donors (Lipinski definition) is 3. The van der Waals surface area contributed by atoms with Crippen molar-refractivity contribution in [1.29, 1.82) is 0 Å². The van der Waals surface area contributed by atoms with E-state index in [2.05, 4.69) is 6.58 Å². The minimum atomic E-state index is -1.16. The Morgan fingerprint density at radius 3 is 1.31 bits per heavy atom. The van der Waals surface area contributed by atoms with Gasteiger partial charge in [-0.15, -0.1) is 6.58 Å². The minimum absolute atomic E-state index is 0.0174. The number of ether oxygens (including phenoxy) is 10. The van der Waals surface area contributed by atoms with Crippen molar-refractivity contribution in [2.75, 3.05) is 67.6 Å². The summed E-state index contributed by atoms with van der Waals surface area (Å²) in [5.74, 6) is 4.07. The molecule has 1 aliphatic heterocycles. The third kappa shape index (κ3) is 21.3. The molecule has 7 rings (SSSR count). The number of carbonyl (C=O) groups excluding carboxylic acids is 1. The van der Waals surface area contributed by atoms with Crippen LogP contribution in [0.1, 0.15) is 48.8 Å². The summed E-state index contributed by atoms with van der Waals surface area (Å²) in [7, 11) is 4.84. The Morgan fingerprint density at radius 2 is 0.919 bits per heavy atom. The van der Waals surface area contributed by atoms with Crippen LogP contribution in [-0.4, -0.2) is 106 Å². The van der Waals surface area contributed by atoms with Gasteiger partial charge in [-0.05, 0) is 109 Å². The average Bonchev–Trinajstić information content (AvgIpc) is 3.82. The smallest absolute Gasteiger partial charge is 0.306 e. The van der Waals surface area contributed by atoms with Crippen molar-refractivity contribution in [1.82, 2.24) is 0 Å². The van der Waals surface area contributed by atoms with Gasteiger partial charge in [0.2, 0.25) is 0 Å². The first kappa shape index (κ1) is 58.0. The summed E-state index contributed by atoms with van der Waals surface area (Å²) < 4.78 is 55.3. The maximum absolute atomic E-state index is 11.6. The van der Waals surface area contributed by atoms with Crippen molar-refractivity contribution in [3.63, 3.8) is 0 Å². The van der Waals surface area contributed by atoms with E-state index in [0.717, 1.165) is 33.9 Å². The third-order valence-electron chi connectivity index (χ3n) is 11.6. The van der Waals surface area contributed by atoms with E-state index in [1.165, 1.54) is 0 Å². The number of carbonyl (C=O) groups is 1. The highest BCUT2D eigenvalue weighted by Gasteiger charge is 2.42. The number of hydrogen-bond acceptors (Lipinski definition) is 14.